The second kappa shape index (κ2) is 4.53. The van der Waals surface area contributed by atoms with Crippen LogP contribution >= 0.6 is 0 Å². The largest absolute Gasteiger partial charge is 0.401 e. The maximum absolute atomic E-state index is 12.5. The van der Waals surface area contributed by atoms with E-state index in [0.717, 1.165) is 12.8 Å². The quantitative estimate of drug-likeness (QED) is 0.814. The van der Waals surface area contributed by atoms with Crippen LogP contribution in [0.4, 0.5) is 13.2 Å². The molecular formula is C11H21F3N2. The molecule has 0 radical (unpaired) electrons. The molecule has 0 amide bonds. The Bertz CT molecular complexity index is 228. The van der Waals surface area contributed by atoms with Gasteiger partial charge in [-0.2, -0.15) is 13.2 Å². The van der Waals surface area contributed by atoms with Gasteiger partial charge in [0, 0.05) is 18.6 Å². The number of hydrogen-bond donors (Lipinski definition) is 1. The highest BCUT2D eigenvalue weighted by Crippen LogP contribution is 2.36. The summed E-state index contributed by atoms with van der Waals surface area (Å²) in [5, 5.41) is 0. The molecule has 1 unspecified atom stereocenters. The summed E-state index contributed by atoms with van der Waals surface area (Å²) in [4.78, 5) is 1.54. The molecule has 1 aliphatic carbocycles. The molecule has 2 nitrogen and oxygen atoms in total. The topological polar surface area (TPSA) is 29.3 Å². The molecule has 5 heteroatoms. The number of nitrogens with zero attached hydrogens (tertiary/aromatic N) is 1. The Morgan fingerprint density at radius 2 is 1.75 bits per heavy atom. The minimum absolute atomic E-state index is 0.0781. The van der Waals surface area contributed by atoms with Gasteiger partial charge in [0.1, 0.15) is 0 Å². The molecule has 0 aliphatic heterocycles. The molecule has 96 valence electrons. The predicted molar refractivity (Wildman–Crippen MR) is 58.1 cm³/mol. The zero-order valence-electron chi connectivity index (χ0n) is 10.1. The smallest absolute Gasteiger partial charge is 0.329 e. The standard InChI is InChI=1S/C11H21F3N2/c1-10(2,3)9(6-15)16(8-4-5-8)7-11(12,13)14/h8-9H,4-7,15H2,1-3H3. The summed E-state index contributed by atoms with van der Waals surface area (Å²) < 4.78 is 37.5. The van der Waals surface area contributed by atoms with Gasteiger partial charge in [0.15, 0.2) is 0 Å². The highest BCUT2D eigenvalue weighted by atomic mass is 19.4. The van der Waals surface area contributed by atoms with Crippen LogP contribution in [0.5, 0.6) is 0 Å². The first-order chi connectivity index (χ1) is 7.15. The lowest BCUT2D eigenvalue weighted by molar-refractivity contribution is -0.156. The van der Waals surface area contributed by atoms with Gasteiger partial charge in [0.25, 0.3) is 0 Å². The Morgan fingerprint density at radius 1 is 1.25 bits per heavy atom. The van der Waals surface area contributed by atoms with Crippen LogP contribution in [0.3, 0.4) is 0 Å². The summed E-state index contributed by atoms with van der Waals surface area (Å²) in [6.07, 6.45) is -2.41. The van der Waals surface area contributed by atoms with E-state index >= 15 is 0 Å². The molecule has 1 fully saturated rings. The van der Waals surface area contributed by atoms with Crippen molar-refractivity contribution in [1.82, 2.24) is 4.90 Å². The van der Waals surface area contributed by atoms with Gasteiger partial charge in [-0.1, -0.05) is 20.8 Å². The number of alkyl halides is 3. The Hall–Kier alpha value is -0.290. The number of halogens is 3. The van der Waals surface area contributed by atoms with E-state index in [1.807, 2.05) is 20.8 Å². The summed E-state index contributed by atoms with van der Waals surface area (Å²) >= 11 is 0. The van der Waals surface area contributed by atoms with Gasteiger partial charge >= 0.3 is 6.18 Å². The molecule has 16 heavy (non-hydrogen) atoms. The van der Waals surface area contributed by atoms with Gasteiger partial charge in [-0.25, -0.2) is 0 Å². The molecular weight excluding hydrogens is 217 g/mol. The van der Waals surface area contributed by atoms with Crippen LogP contribution in [0, 0.1) is 5.41 Å². The molecule has 0 aromatic carbocycles. The highest BCUT2D eigenvalue weighted by molar-refractivity contribution is 4.94. The van der Waals surface area contributed by atoms with Crippen molar-refractivity contribution in [2.75, 3.05) is 13.1 Å². The molecule has 1 saturated carbocycles. The van der Waals surface area contributed by atoms with E-state index in [-0.39, 0.29) is 24.0 Å². The van der Waals surface area contributed by atoms with Crippen LogP contribution in [0.25, 0.3) is 0 Å². The maximum Gasteiger partial charge on any atom is 0.401 e. The first-order valence-corrected chi connectivity index (χ1v) is 5.67. The average Bonchev–Trinajstić information content (AvgIpc) is 2.80. The van der Waals surface area contributed by atoms with Crippen LogP contribution in [-0.4, -0.2) is 36.2 Å². The summed E-state index contributed by atoms with van der Waals surface area (Å²) in [5.41, 5.74) is 5.42. The summed E-state index contributed by atoms with van der Waals surface area (Å²) in [7, 11) is 0. The fraction of sp³-hybridized carbons (Fsp3) is 1.00. The fourth-order valence-corrected chi connectivity index (χ4v) is 2.09. The maximum atomic E-state index is 12.5. The molecule has 1 aliphatic rings. The third kappa shape index (κ3) is 3.94. The molecule has 0 aromatic rings. The first kappa shape index (κ1) is 13.8. The molecule has 0 aromatic heterocycles. The van der Waals surface area contributed by atoms with E-state index in [1.165, 1.54) is 0 Å². The minimum Gasteiger partial charge on any atom is -0.329 e. The first-order valence-electron chi connectivity index (χ1n) is 5.67. The Balaban J connectivity index is 2.75. The zero-order chi connectivity index (χ0) is 12.6. The van der Waals surface area contributed by atoms with Crippen LogP contribution in [0.15, 0.2) is 0 Å². The van der Waals surface area contributed by atoms with Crippen LogP contribution < -0.4 is 5.73 Å². The SMILES string of the molecule is CC(C)(C)C(CN)N(CC(F)(F)F)C1CC1. The van der Waals surface area contributed by atoms with Crippen molar-refractivity contribution < 1.29 is 13.2 Å². The molecule has 0 saturated heterocycles. The van der Waals surface area contributed by atoms with Crippen molar-refractivity contribution in [3.05, 3.63) is 0 Å². The van der Waals surface area contributed by atoms with Gasteiger partial charge in [-0.15, -0.1) is 0 Å². The van der Waals surface area contributed by atoms with E-state index < -0.39 is 12.7 Å². The Morgan fingerprint density at radius 3 is 2.00 bits per heavy atom. The van der Waals surface area contributed by atoms with Crippen molar-refractivity contribution in [3.8, 4) is 0 Å². The lowest BCUT2D eigenvalue weighted by Gasteiger charge is -2.40. The number of rotatable bonds is 4. The molecule has 0 bridgehead atoms. The summed E-state index contributed by atoms with van der Waals surface area (Å²) in [6, 6.07) is -0.129. The molecule has 0 heterocycles. The van der Waals surface area contributed by atoms with E-state index in [4.69, 9.17) is 5.73 Å². The van der Waals surface area contributed by atoms with Crippen LogP contribution in [0.1, 0.15) is 33.6 Å². The normalized spacial score (nSPS) is 20.2. The molecule has 0 spiro atoms. The zero-order valence-corrected chi connectivity index (χ0v) is 10.1. The summed E-state index contributed by atoms with van der Waals surface area (Å²) in [5.74, 6) is 0. The van der Waals surface area contributed by atoms with Crippen molar-refractivity contribution in [2.45, 2.75) is 51.9 Å². The Labute approximate surface area is 95.0 Å². The fourth-order valence-electron chi connectivity index (χ4n) is 2.09. The van der Waals surface area contributed by atoms with Crippen molar-refractivity contribution in [3.63, 3.8) is 0 Å². The lowest BCUT2D eigenvalue weighted by atomic mass is 9.85. The van der Waals surface area contributed by atoms with Crippen LogP contribution in [0.2, 0.25) is 0 Å². The second-order valence-corrected chi connectivity index (χ2v) is 5.64. The van der Waals surface area contributed by atoms with Crippen molar-refractivity contribution >= 4 is 0 Å². The van der Waals surface area contributed by atoms with Crippen molar-refractivity contribution in [1.29, 1.82) is 0 Å². The van der Waals surface area contributed by atoms with E-state index in [2.05, 4.69) is 0 Å². The summed E-state index contributed by atoms with van der Waals surface area (Å²) in [6.45, 7) is 5.26. The molecule has 1 atom stereocenters. The second-order valence-electron chi connectivity index (χ2n) is 5.64. The van der Waals surface area contributed by atoms with Crippen LogP contribution in [-0.2, 0) is 0 Å². The minimum atomic E-state index is -4.14. The van der Waals surface area contributed by atoms with E-state index in [1.54, 1.807) is 4.90 Å². The third-order valence-corrected chi connectivity index (χ3v) is 3.00. The van der Waals surface area contributed by atoms with Gasteiger partial charge in [-0.3, -0.25) is 4.90 Å². The van der Waals surface area contributed by atoms with E-state index in [0.29, 0.717) is 0 Å². The molecule has 1 rings (SSSR count). The van der Waals surface area contributed by atoms with Gasteiger partial charge in [-0.05, 0) is 18.3 Å². The highest BCUT2D eigenvalue weighted by Gasteiger charge is 2.43. The predicted octanol–water partition coefficient (Wildman–Crippen LogP) is 2.39. The van der Waals surface area contributed by atoms with Crippen molar-refractivity contribution in [2.24, 2.45) is 11.1 Å². The van der Waals surface area contributed by atoms with Gasteiger partial charge in [0.2, 0.25) is 0 Å². The third-order valence-electron chi connectivity index (χ3n) is 3.00. The van der Waals surface area contributed by atoms with E-state index in [9.17, 15) is 13.2 Å². The Kier molecular flexibility index (Phi) is 3.90. The molecule has 2 N–H and O–H groups in total. The van der Waals surface area contributed by atoms with Gasteiger partial charge in [0.05, 0.1) is 6.54 Å². The number of nitrogens with two attached hydrogens (primary N) is 1. The average molecular weight is 238 g/mol. The lowest BCUT2D eigenvalue weighted by Crippen LogP contribution is -2.52. The van der Waals surface area contributed by atoms with Gasteiger partial charge < -0.3 is 5.73 Å². The number of hydrogen-bond acceptors (Lipinski definition) is 2. The monoisotopic (exact) mass is 238 g/mol.